The molecule has 1 atom stereocenters. The van der Waals surface area contributed by atoms with Gasteiger partial charge in [-0.1, -0.05) is 20.8 Å². The SMILES string of the molecule is CCCOC(C)(CC(C)C)C(=O)Nc1ccc(OCC(=O)N2CCCCC2)cc1. The van der Waals surface area contributed by atoms with Crippen molar-refractivity contribution in [1.82, 2.24) is 4.90 Å². The van der Waals surface area contributed by atoms with Crippen LogP contribution in [0.1, 0.15) is 59.8 Å². The van der Waals surface area contributed by atoms with Crippen LogP contribution in [0.5, 0.6) is 5.75 Å². The Morgan fingerprint density at radius 3 is 2.38 bits per heavy atom. The third-order valence-electron chi connectivity index (χ3n) is 5.09. The van der Waals surface area contributed by atoms with Crippen LogP contribution in [-0.4, -0.2) is 48.6 Å². The minimum absolute atomic E-state index is 0.0274. The van der Waals surface area contributed by atoms with E-state index in [2.05, 4.69) is 19.2 Å². The van der Waals surface area contributed by atoms with Gasteiger partial charge in [-0.05, 0) is 69.2 Å². The van der Waals surface area contributed by atoms with E-state index in [1.54, 1.807) is 24.3 Å². The number of nitrogens with one attached hydrogen (secondary N) is 1. The highest BCUT2D eigenvalue weighted by Crippen LogP contribution is 2.24. The normalized spacial score (nSPS) is 16.4. The minimum atomic E-state index is -0.861. The number of hydrogen-bond donors (Lipinski definition) is 1. The zero-order valence-corrected chi connectivity index (χ0v) is 18.3. The highest BCUT2D eigenvalue weighted by Gasteiger charge is 2.34. The van der Waals surface area contributed by atoms with Gasteiger partial charge in [0.25, 0.3) is 11.8 Å². The molecule has 1 unspecified atom stereocenters. The van der Waals surface area contributed by atoms with Crippen LogP contribution in [-0.2, 0) is 14.3 Å². The molecule has 1 saturated heterocycles. The molecule has 1 aromatic carbocycles. The number of amides is 2. The van der Waals surface area contributed by atoms with Gasteiger partial charge in [0.1, 0.15) is 11.4 Å². The van der Waals surface area contributed by atoms with Gasteiger partial charge in [-0.3, -0.25) is 9.59 Å². The summed E-state index contributed by atoms with van der Waals surface area (Å²) in [6, 6.07) is 7.11. The number of nitrogens with zero attached hydrogens (tertiary/aromatic N) is 1. The number of ether oxygens (including phenoxy) is 2. The van der Waals surface area contributed by atoms with E-state index in [0.717, 1.165) is 32.4 Å². The zero-order chi connectivity index (χ0) is 21.3. The number of benzene rings is 1. The van der Waals surface area contributed by atoms with Crippen molar-refractivity contribution >= 4 is 17.5 Å². The summed E-state index contributed by atoms with van der Waals surface area (Å²) in [6.45, 7) is 10.3. The van der Waals surface area contributed by atoms with Crippen LogP contribution in [0.15, 0.2) is 24.3 Å². The highest BCUT2D eigenvalue weighted by molar-refractivity contribution is 5.97. The van der Waals surface area contributed by atoms with E-state index in [4.69, 9.17) is 9.47 Å². The lowest BCUT2D eigenvalue weighted by Crippen LogP contribution is -2.44. The Hall–Kier alpha value is -2.08. The summed E-state index contributed by atoms with van der Waals surface area (Å²) in [5, 5.41) is 2.95. The van der Waals surface area contributed by atoms with Crippen LogP contribution in [0.3, 0.4) is 0 Å². The number of piperidine rings is 1. The highest BCUT2D eigenvalue weighted by atomic mass is 16.5. The smallest absolute Gasteiger partial charge is 0.260 e. The van der Waals surface area contributed by atoms with E-state index in [9.17, 15) is 9.59 Å². The summed E-state index contributed by atoms with van der Waals surface area (Å²) in [7, 11) is 0. The van der Waals surface area contributed by atoms with E-state index in [1.165, 1.54) is 6.42 Å². The van der Waals surface area contributed by atoms with Crippen molar-refractivity contribution in [3.63, 3.8) is 0 Å². The third-order valence-corrected chi connectivity index (χ3v) is 5.09. The minimum Gasteiger partial charge on any atom is -0.484 e. The molecule has 2 rings (SSSR count). The molecule has 6 nitrogen and oxygen atoms in total. The standard InChI is InChI=1S/C23H36N2O4/c1-5-15-29-23(4,16-18(2)3)22(27)24-19-9-11-20(12-10-19)28-17-21(26)25-13-7-6-8-14-25/h9-12,18H,5-8,13-17H2,1-4H3,(H,24,27). The first-order valence-corrected chi connectivity index (χ1v) is 10.8. The number of carbonyl (C=O) groups excluding carboxylic acids is 2. The van der Waals surface area contributed by atoms with Crippen LogP contribution < -0.4 is 10.1 Å². The second kappa shape index (κ2) is 11.2. The summed E-state index contributed by atoms with van der Waals surface area (Å²) in [5.41, 5.74) is -0.181. The number of rotatable bonds is 10. The van der Waals surface area contributed by atoms with E-state index < -0.39 is 5.60 Å². The predicted octanol–water partition coefficient (Wildman–Crippen LogP) is 4.25. The Labute approximate surface area is 174 Å². The molecule has 0 radical (unpaired) electrons. The molecule has 0 bridgehead atoms. The molecular weight excluding hydrogens is 368 g/mol. The fraction of sp³-hybridized carbons (Fsp3) is 0.652. The maximum atomic E-state index is 12.8. The summed E-state index contributed by atoms with van der Waals surface area (Å²) < 4.78 is 11.5. The second-order valence-electron chi connectivity index (χ2n) is 8.39. The van der Waals surface area contributed by atoms with Gasteiger partial charge in [-0.25, -0.2) is 0 Å². The van der Waals surface area contributed by atoms with Gasteiger partial charge < -0.3 is 19.7 Å². The number of hydrogen-bond acceptors (Lipinski definition) is 4. The Kier molecular flexibility index (Phi) is 8.96. The average Bonchev–Trinajstić information content (AvgIpc) is 2.71. The van der Waals surface area contributed by atoms with Gasteiger partial charge in [0, 0.05) is 25.4 Å². The molecule has 0 aliphatic carbocycles. The van der Waals surface area contributed by atoms with Crippen molar-refractivity contribution < 1.29 is 19.1 Å². The maximum absolute atomic E-state index is 12.8. The van der Waals surface area contributed by atoms with Gasteiger partial charge in [-0.15, -0.1) is 0 Å². The van der Waals surface area contributed by atoms with Crippen LogP contribution in [0.4, 0.5) is 5.69 Å². The van der Waals surface area contributed by atoms with E-state index in [-0.39, 0.29) is 18.4 Å². The molecule has 2 amide bonds. The van der Waals surface area contributed by atoms with Crippen LogP contribution in [0.25, 0.3) is 0 Å². The van der Waals surface area contributed by atoms with Crippen molar-refractivity contribution in [1.29, 1.82) is 0 Å². The van der Waals surface area contributed by atoms with Crippen molar-refractivity contribution in [3.8, 4) is 5.75 Å². The summed E-state index contributed by atoms with van der Waals surface area (Å²) in [5.74, 6) is 0.838. The van der Waals surface area contributed by atoms with Crippen LogP contribution in [0, 0.1) is 5.92 Å². The molecule has 0 saturated carbocycles. The molecule has 0 aromatic heterocycles. The quantitative estimate of drug-likeness (QED) is 0.633. The van der Waals surface area contributed by atoms with Gasteiger partial charge >= 0.3 is 0 Å². The molecule has 1 aromatic rings. The first kappa shape index (κ1) is 23.2. The first-order valence-electron chi connectivity index (χ1n) is 10.8. The number of likely N-dealkylation sites (tertiary alicyclic amines) is 1. The third kappa shape index (κ3) is 7.35. The summed E-state index contributed by atoms with van der Waals surface area (Å²) in [4.78, 5) is 26.9. The van der Waals surface area contributed by atoms with Crippen molar-refractivity contribution in [2.45, 2.75) is 65.4 Å². The average molecular weight is 405 g/mol. The summed E-state index contributed by atoms with van der Waals surface area (Å²) in [6.07, 6.45) is 4.84. The van der Waals surface area contributed by atoms with E-state index in [0.29, 0.717) is 30.4 Å². The molecule has 1 N–H and O–H groups in total. The van der Waals surface area contributed by atoms with Crippen LogP contribution >= 0.6 is 0 Å². The van der Waals surface area contributed by atoms with E-state index in [1.807, 2.05) is 18.7 Å². The molecule has 1 aliphatic heterocycles. The Balaban J connectivity index is 1.89. The zero-order valence-electron chi connectivity index (χ0n) is 18.3. The largest absolute Gasteiger partial charge is 0.484 e. The molecule has 1 heterocycles. The van der Waals surface area contributed by atoms with Crippen LogP contribution in [0.2, 0.25) is 0 Å². The summed E-state index contributed by atoms with van der Waals surface area (Å²) >= 11 is 0. The predicted molar refractivity (Wildman–Crippen MR) is 115 cm³/mol. The number of anilines is 1. The lowest BCUT2D eigenvalue weighted by atomic mass is 9.93. The van der Waals surface area contributed by atoms with E-state index >= 15 is 0 Å². The lowest BCUT2D eigenvalue weighted by molar-refractivity contribution is -0.141. The molecular formula is C23H36N2O4. The monoisotopic (exact) mass is 404 g/mol. The van der Waals surface area contributed by atoms with Gasteiger partial charge in [0.15, 0.2) is 6.61 Å². The topological polar surface area (TPSA) is 67.9 Å². The Bertz CT molecular complexity index is 653. The lowest BCUT2D eigenvalue weighted by Gasteiger charge is -2.30. The Morgan fingerprint density at radius 1 is 1.14 bits per heavy atom. The molecule has 1 fully saturated rings. The van der Waals surface area contributed by atoms with Gasteiger partial charge in [-0.2, -0.15) is 0 Å². The second-order valence-corrected chi connectivity index (χ2v) is 8.39. The molecule has 6 heteroatoms. The van der Waals surface area contributed by atoms with Crippen molar-refractivity contribution in [3.05, 3.63) is 24.3 Å². The van der Waals surface area contributed by atoms with Gasteiger partial charge in [0.2, 0.25) is 0 Å². The molecule has 1 aliphatic rings. The molecule has 29 heavy (non-hydrogen) atoms. The first-order chi connectivity index (χ1) is 13.8. The van der Waals surface area contributed by atoms with Crippen molar-refractivity contribution in [2.24, 2.45) is 5.92 Å². The van der Waals surface area contributed by atoms with Crippen molar-refractivity contribution in [2.75, 3.05) is 31.6 Å². The molecule has 162 valence electrons. The van der Waals surface area contributed by atoms with Gasteiger partial charge in [0.05, 0.1) is 0 Å². The number of carbonyl (C=O) groups is 2. The maximum Gasteiger partial charge on any atom is 0.260 e. The molecule has 0 spiro atoms. The fourth-order valence-electron chi connectivity index (χ4n) is 3.60. The fourth-order valence-corrected chi connectivity index (χ4v) is 3.60. The Morgan fingerprint density at radius 2 is 1.79 bits per heavy atom.